The van der Waals surface area contributed by atoms with Gasteiger partial charge in [0, 0.05) is 25.3 Å². The number of nitrogens with zero attached hydrogens (tertiary/aromatic N) is 1. The molecule has 20 heavy (non-hydrogen) atoms. The molecule has 1 N–H and O–H groups in total. The first kappa shape index (κ1) is 16.7. The maximum atomic E-state index is 12.2. The molecule has 5 heteroatoms. The van der Waals surface area contributed by atoms with Crippen LogP contribution in [0.15, 0.2) is 0 Å². The second-order valence-electron chi connectivity index (χ2n) is 5.64. The van der Waals surface area contributed by atoms with Crippen LogP contribution in [-0.4, -0.2) is 34.3 Å². The molecule has 0 aromatic carbocycles. The minimum atomic E-state index is -0.772. The van der Waals surface area contributed by atoms with Crippen molar-refractivity contribution in [2.45, 2.75) is 58.8 Å². The highest BCUT2D eigenvalue weighted by Crippen LogP contribution is 2.28. The minimum Gasteiger partial charge on any atom is -0.481 e. The molecule has 0 aromatic heterocycles. The van der Waals surface area contributed by atoms with E-state index in [-0.39, 0.29) is 30.1 Å². The zero-order valence-electron chi connectivity index (χ0n) is 12.4. The summed E-state index contributed by atoms with van der Waals surface area (Å²) in [5.41, 5.74) is 0. The number of likely N-dealkylation sites (tertiary alicyclic amines) is 1. The van der Waals surface area contributed by atoms with Crippen LogP contribution in [0, 0.1) is 11.8 Å². The highest BCUT2D eigenvalue weighted by molar-refractivity contribution is 6.03. The van der Waals surface area contributed by atoms with Crippen LogP contribution in [0.1, 0.15) is 58.8 Å². The van der Waals surface area contributed by atoms with Gasteiger partial charge in [-0.1, -0.05) is 33.1 Å². The number of aliphatic carboxylic acids is 1. The van der Waals surface area contributed by atoms with Crippen LogP contribution >= 0.6 is 0 Å². The number of carboxylic acids is 1. The predicted molar refractivity (Wildman–Crippen MR) is 75.0 cm³/mol. The fraction of sp³-hybridized carbons (Fsp3) is 0.800. The first-order valence-electron chi connectivity index (χ1n) is 7.53. The number of amides is 2. The molecule has 0 aliphatic carbocycles. The molecule has 0 aromatic rings. The zero-order valence-corrected chi connectivity index (χ0v) is 12.4. The van der Waals surface area contributed by atoms with Crippen molar-refractivity contribution in [1.29, 1.82) is 0 Å². The van der Waals surface area contributed by atoms with Gasteiger partial charge in [0.15, 0.2) is 0 Å². The van der Waals surface area contributed by atoms with Crippen LogP contribution in [0.2, 0.25) is 0 Å². The van der Waals surface area contributed by atoms with Gasteiger partial charge in [-0.05, 0) is 18.8 Å². The van der Waals surface area contributed by atoms with E-state index in [1.807, 2.05) is 13.8 Å². The molecule has 0 radical (unpaired) electrons. The van der Waals surface area contributed by atoms with Gasteiger partial charge < -0.3 is 5.11 Å². The van der Waals surface area contributed by atoms with Gasteiger partial charge in [0.1, 0.15) is 0 Å². The van der Waals surface area contributed by atoms with E-state index in [1.165, 1.54) is 4.90 Å². The third-order valence-corrected chi connectivity index (χ3v) is 4.13. The summed E-state index contributed by atoms with van der Waals surface area (Å²) in [6.45, 7) is 4.54. The van der Waals surface area contributed by atoms with Crippen LogP contribution in [-0.2, 0) is 14.4 Å². The fourth-order valence-electron chi connectivity index (χ4n) is 2.57. The van der Waals surface area contributed by atoms with Crippen molar-refractivity contribution in [3.63, 3.8) is 0 Å². The lowest BCUT2D eigenvalue weighted by atomic mass is 9.90. The topological polar surface area (TPSA) is 74.7 Å². The van der Waals surface area contributed by atoms with Crippen molar-refractivity contribution in [1.82, 2.24) is 4.90 Å². The molecule has 5 nitrogen and oxygen atoms in total. The second-order valence-corrected chi connectivity index (χ2v) is 5.64. The predicted octanol–water partition coefficient (Wildman–Crippen LogP) is 2.44. The number of rotatable bonds is 9. The fourth-order valence-corrected chi connectivity index (χ4v) is 2.57. The number of carbonyl (C=O) groups is 3. The van der Waals surface area contributed by atoms with Crippen LogP contribution in [0.25, 0.3) is 0 Å². The Kier molecular flexibility index (Phi) is 6.68. The Morgan fingerprint density at radius 1 is 1.30 bits per heavy atom. The molecule has 2 atom stereocenters. The van der Waals surface area contributed by atoms with E-state index in [1.54, 1.807) is 0 Å². The molecular weight excluding hydrogens is 258 g/mol. The summed E-state index contributed by atoms with van der Waals surface area (Å²) in [6, 6.07) is 0. The average Bonchev–Trinajstić information content (AvgIpc) is 2.68. The monoisotopic (exact) mass is 283 g/mol. The van der Waals surface area contributed by atoms with Crippen molar-refractivity contribution in [3.8, 4) is 0 Å². The standard InChI is InChI=1S/C15H25NO4/c1-3-11(2)12-10-13(17)16(15(12)20)9-7-5-4-6-8-14(18)19/h11-12H,3-10H2,1-2H3,(H,18,19). The molecule has 1 aliphatic rings. The van der Waals surface area contributed by atoms with E-state index in [4.69, 9.17) is 5.11 Å². The van der Waals surface area contributed by atoms with Crippen LogP contribution in [0.5, 0.6) is 0 Å². The van der Waals surface area contributed by atoms with Crippen LogP contribution in [0.3, 0.4) is 0 Å². The molecule has 0 saturated carbocycles. The molecule has 1 heterocycles. The average molecular weight is 283 g/mol. The molecule has 2 unspecified atom stereocenters. The Bertz CT molecular complexity index is 367. The van der Waals surface area contributed by atoms with Crippen molar-refractivity contribution in [2.75, 3.05) is 6.54 Å². The molecule has 1 fully saturated rings. The summed E-state index contributed by atoms with van der Waals surface area (Å²) in [4.78, 5) is 35.8. The maximum absolute atomic E-state index is 12.2. The van der Waals surface area contributed by atoms with Gasteiger partial charge in [-0.3, -0.25) is 19.3 Å². The summed E-state index contributed by atoms with van der Waals surface area (Å²) in [5.74, 6) is -0.724. The Morgan fingerprint density at radius 3 is 2.55 bits per heavy atom. The van der Waals surface area contributed by atoms with Gasteiger partial charge in [-0.2, -0.15) is 0 Å². The lowest BCUT2D eigenvalue weighted by Crippen LogP contribution is -2.32. The lowest BCUT2D eigenvalue weighted by molar-refractivity contribution is -0.140. The second kappa shape index (κ2) is 8.02. The van der Waals surface area contributed by atoms with E-state index in [2.05, 4.69) is 0 Å². The van der Waals surface area contributed by atoms with Crippen molar-refractivity contribution < 1.29 is 19.5 Å². The van der Waals surface area contributed by atoms with Gasteiger partial charge in [0.2, 0.25) is 11.8 Å². The van der Waals surface area contributed by atoms with Gasteiger partial charge >= 0.3 is 5.97 Å². The smallest absolute Gasteiger partial charge is 0.303 e. The summed E-state index contributed by atoms with van der Waals surface area (Å²) < 4.78 is 0. The highest BCUT2D eigenvalue weighted by Gasteiger charge is 2.40. The molecule has 1 saturated heterocycles. The molecule has 0 bridgehead atoms. The summed E-state index contributed by atoms with van der Waals surface area (Å²) in [6.07, 6.45) is 4.57. The Hall–Kier alpha value is -1.39. The lowest BCUT2D eigenvalue weighted by Gasteiger charge is -2.17. The molecule has 2 amide bonds. The van der Waals surface area contributed by atoms with Gasteiger partial charge in [-0.25, -0.2) is 0 Å². The number of carboxylic acid groups (broad SMARTS) is 1. The summed E-state index contributed by atoms with van der Waals surface area (Å²) in [5, 5.41) is 8.52. The van der Waals surface area contributed by atoms with Crippen LogP contribution < -0.4 is 0 Å². The Morgan fingerprint density at radius 2 is 1.95 bits per heavy atom. The normalized spacial score (nSPS) is 20.5. The highest BCUT2D eigenvalue weighted by atomic mass is 16.4. The Labute approximate surface area is 120 Å². The van der Waals surface area contributed by atoms with E-state index >= 15 is 0 Å². The quantitative estimate of drug-likeness (QED) is 0.521. The number of carbonyl (C=O) groups excluding carboxylic acids is 2. The van der Waals surface area contributed by atoms with Gasteiger partial charge in [-0.15, -0.1) is 0 Å². The van der Waals surface area contributed by atoms with Crippen molar-refractivity contribution >= 4 is 17.8 Å². The van der Waals surface area contributed by atoms with E-state index < -0.39 is 5.97 Å². The first-order valence-corrected chi connectivity index (χ1v) is 7.53. The van der Waals surface area contributed by atoms with Crippen molar-refractivity contribution in [2.24, 2.45) is 11.8 Å². The summed E-state index contributed by atoms with van der Waals surface area (Å²) in [7, 11) is 0. The van der Waals surface area contributed by atoms with E-state index in [9.17, 15) is 14.4 Å². The van der Waals surface area contributed by atoms with E-state index in [0.717, 1.165) is 25.7 Å². The maximum Gasteiger partial charge on any atom is 0.303 e. The molecule has 1 rings (SSSR count). The SMILES string of the molecule is CCC(C)C1CC(=O)N(CCCCCCC(=O)O)C1=O. The summed E-state index contributed by atoms with van der Waals surface area (Å²) >= 11 is 0. The van der Waals surface area contributed by atoms with Gasteiger partial charge in [0.25, 0.3) is 0 Å². The third-order valence-electron chi connectivity index (χ3n) is 4.13. The molecule has 114 valence electrons. The number of hydrogen-bond acceptors (Lipinski definition) is 3. The largest absolute Gasteiger partial charge is 0.481 e. The van der Waals surface area contributed by atoms with E-state index in [0.29, 0.717) is 19.4 Å². The van der Waals surface area contributed by atoms with Crippen LogP contribution in [0.4, 0.5) is 0 Å². The van der Waals surface area contributed by atoms with Crippen molar-refractivity contribution in [3.05, 3.63) is 0 Å². The Balaban J connectivity index is 2.28. The zero-order chi connectivity index (χ0) is 15.1. The number of imide groups is 1. The molecule has 0 spiro atoms. The minimum absolute atomic E-state index is 0.0186. The third kappa shape index (κ3) is 4.62. The number of hydrogen-bond donors (Lipinski definition) is 1. The molecule has 1 aliphatic heterocycles. The number of unbranched alkanes of at least 4 members (excludes halogenated alkanes) is 3. The molecular formula is C15H25NO4. The first-order chi connectivity index (χ1) is 9.47. The van der Waals surface area contributed by atoms with Gasteiger partial charge in [0.05, 0.1) is 0 Å².